The lowest BCUT2D eigenvalue weighted by Crippen LogP contribution is -2.35. The number of amides is 1. The van der Waals surface area contributed by atoms with E-state index in [1.165, 1.54) is 37.3 Å². The molecule has 9 heteroatoms. The number of aromatic nitrogens is 1. The highest BCUT2D eigenvalue weighted by atomic mass is 16.7. The molecule has 0 unspecified atom stereocenters. The fraction of sp³-hybridized carbons (Fsp3) is 0.176. The number of hydrogen-bond acceptors (Lipinski definition) is 7. The van der Waals surface area contributed by atoms with Crippen LogP contribution >= 0.6 is 0 Å². The molecule has 0 bridgehead atoms. The number of ketones is 1. The van der Waals surface area contributed by atoms with Crippen LogP contribution in [-0.2, 0) is 9.53 Å². The Kier molecular flexibility index (Phi) is 4.70. The van der Waals surface area contributed by atoms with Gasteiger partial charge in [-0.15, -0.1) is 0 Å². The van der Waals surface area contributed by atoms with Gasteiger partial charge in [0.15, 0.2) is 30.1 Å². The van der Waals surface area contributed by atoms with Gasteiger partial charge in [-0.1, -0.05) is 0 Å². The number of carbonyl (C=O) groups is 3. The largest absolute Gasteiger partial charge is 0.618 e. The van der Waals surface area contributed by atoms with E-state index >= 15 is 0 Å². The molecule has 0 spiro atoms. The maximum Gasteiger partial charge on any atom is 0.405 e. The summed E-state index contributed by atoms with van der Waals surface area (Å²) in [4.78, 5) is 35.7. The van der Waals surface area contributed by atoms with E-state index in [1.54, 1.807) is 0 Å². The van der Waals surface area contributed by atoms with E-state index in [4.69, 9.17) is 14.2 Å². The highest BCUT2D eigenvalue weighted by molar-refractivity contribution is 6.05. The number of anilines is 1. The van der Waals surface area contributed by atoms with Crippen LogP contribution in [0.1, 0.15) is 27.8 Å². The average molecular weight is 358 g/mol. The predicted molar refractivity (Wildman–Crippen MR) is 86.9 cm³/mol. The number of pyridine rings is 1. The highest BCUT2D eigenvalue weighted by Gasteiger charge is 2.22. The van der Waals surface area contributed by atoms with Gasteiger partial charge in [0.1, 0.15) is 0 Å². The number of rotatable bonds is 5. The summed E-state index contributed by atoms with van der Waals surface area (Å²) in [5.41, 5.74) is 0.198. The van der Waals surface area contributed by atoms with Crippen molar-refractivity contribution in [2.45, 2.75) is 6.92 Å². The Morgan fingerprint density at radius 2 is 1.96 bits per heavy atom. The second-order valence-electron chi connectivity index (χ2n) is 5.34. The molecule has 134 valence electrons. The number of esters is 1. The van der Waals surface area contributed by atoms with Crippen LogP contribution in [0.15, 0.2) is 36.5 Å². The molecule has 1 aliphatic rings. The monoisotopic (exact) mass is 358 g/mol. The van der Waals surface area contributed by atoms with Gasteiger partial charge in [0.05, 0.1) is 5.69 Å². The quantitative estimate of drug-likeness (QED) is 0.367. The molecule has 0 fully saturated rings. The average Bonchev–Trinajstić information content (AvgIpc) is 3.06. The first-order valence-electron chi connectivity index (χ1n) is 7.55. The van der Waals surface area contributed by atoms with Gasteiger partial charge < -0.3 is 24.7 Å². The molecule has 1 aromatic carbocycles. The maximum atomic E-state index is 12.1. The van der Waals surface area contributed by atoms with Crippen molar-refractivity contribution in [3.8, 4) is 11.5 Å². The summed E-state index contributed by atoms with van der Waals surface area (Å²) in [5, 5.41) is 14.0. The first-order valence-corrected chi connectivity index (χ1v) is 7.55. The van der Waals surface area contributed by atoms with Crippen LogP contribution in [0.4, 0.5) is 5.69 Å². The second kappa shape index (κ2) is 7.09. The van der Waals surface area contributed by atoms with Crippen LogP contribution in [0.5, 0.6) is 11.5 Å². The summed E-state index contributed by atoms with van der Waals surface area (Å²) in [6.07, 6.45) is 1.14. The van der Waals surface area contributed by atoms with Crippen molar-refractivity contribution in [1.29, 1.82) is 0 Å². The fourth-order valence-corrected chi connectivity index (χ4v) is 2.31. The van der Waals surface area contributed by atoms with Crippen molar-refractivity contribution in [1.82, 2.24) is 0 Å². The third-order valence-corrected chi connectivity index (χ3v) is 3.53. The molecule has 2 aromatic rings. The summed E-state index contributed by atoms with van der Waals surface area (Å²) in [5.74, 6) is -1.10. The Hall–Kier alpha value is -3.62. The summed E-state index contributed by atoms with van der Waals surface area (Å²) < 4.78 is 15.6. The number of nitrogens with zero attached hydrogens (tertiary/aromatic N) is 1. The lowest BCUT2D eigenvalue weighted by molar-refractivity contribution is -0.608. The first-order chi connectivity index (χ1) is 12.5. The molecular formula is C17H14N2O7. The molecule has 9 nitrogen and oxygen atoms in total. The van der Waals surface area contributed by atoms with Gasteiger partial charge in [-0.05, 0) is 19.1 Å². The van der Waals surface area contributed by atoms with Gasteiger partial charge in [-0.3, -0.25) is 9.59 Å². The zero-order chi connectivity index (χ0) is 18.7. The number of ether oxygens (including phenoxy) is 3. The standard InChI is InChI=1S/C17H14N2O7/c1-10(20)11-6-14-15(26-9-25-14)7-12(11)18-16(21)8-24-17(22)13-4-2-3-5-19(13)23/h2-7H,8-9H2,1H3,(H,18,21). The van der Waals surface area contributed by atoms with E-state index in [-0.39, 0.29) is 29.5 Å². The van der Waals surface area contributed by atoms with Crippen molar-refractivity contribution in [2.24, 2.45) is 0 Å². The maximum absolute atomic E-state index is 12.1. The molecule has 3 rings (SSSR count). The highest BCUT2D eigenvalue weighted by Crippen LogP contribution is 2.37. The molecule has 1 amide bonds. The van der Waals surface area contributed by atoms with Crippen molar-refractivity contribution < 1.29 is 33.3 Å². The number of nitrogens with one attached hydrogen (secondary N) is 1. The minimum Gasteiger partial charge on any atom is -0.618 e. The third kappa shape index (κ3) is 3.56. The molecule has 2 heterocycles. The molecule has 0 saturated heterocycles. The Morgan fingerprint density at radius 1 is 1.23 bits per heavy atom. The normalized spacial score (nSPS) is 11.7. The molecular weight excluding hydrogens is 344 g/mol. The minimum atomic E-state index is -0.937. The van der Waals surface area contributed by atoms with E-state index < -0.39 is 18.5 Å². The Bertz CT molecular complexity index is 895. The summed E-state index contributed by atoms with van der Waals surface area (Å²) >= 11 is 0. The van der Waals surface area contributed by atoms with E-state index in [2.05, 4.69) is 5.32 Å². The van der Waals surface area contributed by atoms with Gasteiger partial charge in [0.25, 0.3) is 5.91 Å². The number of hydrogen-bond donors (Lipinski definition) is 1. The van der Waals surface area contributed by atoms with Crippen LogP contribution in [0, 0.1) is 5.21 Å². The molecule has 1 aliphatic heterocycles. The fourth-order valence-electron chi connectivity index (χ4n) is 2.31. The van der Waals surface area contributed by atoms with Crippen molar-refractivity contribution in [3.05, 3.63) is 53.0 Å². The Balaban J connectivity index is 1.68. The number of Topliss-reactive ketones (excluding diaryl/α,β-unsaturated/α-hetero) is 1. The molecule has 1 aromatic heterocycles. The third-order valence-electron chi connectivity index (χ3n) is 3.53. The molecule has 26 heavy (non-hydrogen) atoms. The van der Waals surface area contributed by atoms with Gasteiger partial charge in [-0.25, -0.2) is 4.79 Å². The van der Waals surface area contributed by atoms with Gasteiger partial charge >= 0.3 is 11.7 Å². The summed E-state index contributed by atoms with van der Waals surface area (Å²) in [7, 11) is 0. The molecule has 0 radical (unpaired) electrons. The molecule has 0 saturated carbocycles. The Morgan fingerprint density at radius 3 is 2.65 bits per heavy atom. The van der Waals surface area contributed by atoms with E-state index in [9.17, 15) is 19.6 Å². The van der Waals surface area contributed by atoms with Gasteiger partial charge in [0, 0.05) is 23.8 Å². The lowest BCUT2D eigenvalue weighted by atomic mass is 10.1. The van der Waals surface area contributed by atoms with Crippen LogP contribution < -0.4 is 19.5 Å². The second-order valence-corrected chi connectivity index (χ2v) is 5.34. The lowest BCUT2D eigenvalue weighted by Gasteiger charge is -2.11. The predicted octanol–water partition coefficient (Wildman–Crippen LogP) is 1.05. The first kappa shape index (κ1) is 17.2. The smallest absolute Gasteiger partial charge is 0.405 e. The minimum absolute atomic E-state index is 0.0218. The van der Waals surface area contributed by atoms with Crippen LogP contribution in [0.25, 0.3) is 0 Å². The SMILES string of the molecule is CC(=O)c1cc2c(cc1NC(=O)COC(=O)c1cccc[n+]1[O-])OCO2. The molecule has 0 atom stereocenters. The molecule has 1 N–H and O–H groups in total. The number of carbonyl (C=O) groups excluding carboxylic acids is 3. The van der Waals surface area contributed by atoms with Crippen LogP contribution in [-0.4, -0.2) is 31.1 Å². The topological polar surface area (TPSA) is 118 Å². The van der Waals surface area contributed by atoms with Crippen LogP contribution in [0.3, 0.4) is 0 Å². The Labute approximate surface area is 147 Å². The summed E-state index contributed by atoms with van der Waals surface area (Å²) in [6.45, 7) is 0.739. The van der Waals surface area contributed by atoms with E-state index in [0.717, 1.165) is 6.20 Å². The van der Waals surface area contributed by atoms with Crippen molar-refractivity contribution in [3.63, 3.8) is 0 Å². The van der Waals surface area contributed by atoms with Crippen LogP contribution in [0.2, 0.25) is 0 Å². The number of fused-ring (bicyclic) bond motifs is 1. The van der Waals surface area contributed by atoms with E-state index in [0.29, 0.717) is 16.2 Å². The summed E-state index contributed by atoms with van der Waals surface area (Å²) in [6, 6.07) is 7.16. The number of benzene rings is 1. The van der Waals surface area contributed by atoms with Crippen molar-refractivity contribution >= 4 is 23.3 Å². The zero-order valence-electron chi connectivity index (χ0n) is 13.7. The van der Waals surface area contributed by atoms with Gasteiger partial charge in [0.2, 0.25) is 6.79 Å². The van der Waals surface area contributed by atoms with Crippen molar-refractivity contribution in [2.75, 3.05) is 18.7 Å². The van der Waals surface area contributed by atoms with Gasteiger partial charge in [-0.2, -0.15) is 4.73 Å². The van der Waals surface area contributed by atoms with E-state index in [1.807, 2.05) is 0 Å². The zero-order valence-corrected chi connectivity index (χ0v) is 13.7. The molecule has 0 aliphatic carbocycles.